The van der Waals surface area contributed by atoms with Gasteiger partial charge >= 0.3 is 11.9 Å². The van der Waals surface area contributed by atoms with Crippen molar-refractivity contribution in [3.63, 3.8) is 0 Å². The molecule has 0 saturated carbocycles. The Balaban J connectivity index is 2.38. The zero-order valence-electron chi connectivity index (χ0n) is 14.1. The zero-order valence-corrected chi connectivity index (χ0v) is 14.9. The highest BCUT2D eigenvalue weighted by atomic mass is 35.5. The molecule has 0 fully saturated rings. The molecule has 1 aliphatic rings. The lowest BCUT2D eigenvalue weighted by atomic mass is 9.79. The normalized spacial score (nSPS) is 12.1. The van der Waals surface area contributed by atoms with Crippen molar-refractivity contribution in [2.45, 2.75) is 0 Å². The van der Waals surface area contributed by atoms with Gasteiger partial charge < -0.3 is 9.47 Å². The average molecular weight is 387 g/mol. The lowest BCUT2D eigenvalue weighted by Crippen LogP contribution is -2.27. The van der Waals surface area contributed by atoms with Crippen LogP contribution in [-0.4, -0.2) is 43.0 Å². The van der Waals surface area contributed by atoms with Gasteiger partial charge in [0.2, 0.25) is 0 Å². The minimum Gasteiger partial charge on any atom is -0.465 e. The largest absolute Gasteiger partial charge is 0.465 e. The second kappa shape index (κ2) is 6.77. The van der Waals surface area contributed by atoms with Gasteiger partial charge in [-0.05, 0) is 29.8 Å². The second-order valence-electron chi connectivity index (χ2n) is 5.59. The van der Waals surface area contributed by atoms with E-state index in [9.17, 15) is 24.0 Å². The van der Waals surface area contributed by atoms with Crippen LogP contribution in [0.4, 0.5) is 0 Å². The van der Waals surface area contributed by atoms with Gasteiger partial charge in [-0.1, -0.05) is 12.1 Å². The number of ketones is 2. The maximum Gasteiger partial charge on any atom is 0.338 e. The van der Waals surface area contributed by atoms with E-state index in [0.717, 1.165) is 26.4 Å². The first-order valence-electron chi connectivity index (χ1n) is 7.58. The summed E-state index contributed by atoms with van der Waals surface area (Å²) in [5.74, 6) is -3.08. The molecular formula is C19H11ClO7. The highest BCUT2D eigenvalue weighted by Crippen LogP contribution is 2.33. The summed E-state index contributed by atoms with van der Waals surface area (Å²) in [6.45, 7) is 0. The molecule has 0 aromatic heterocycles. The quantitative estimate of drug-likeness (QED) is 0.503. The van der Waals surface area contributed by atoms with Gasteiger partial charge in [0, 0.05) is 27.8 Å². The minimum atomic E-state index is -0.925. The van der Waals surface area contributed by atoms with E-state index in [1.807, 2.05) is 0 Å². The number of carbonyl (C=O) groups is 5. The van der Waals surface area contributed by atoms with E-state index in [1.54, 1.807) is 0 Å². The Morgan fingerprint density at radius 3 is 2.00 bits per heavy atom. The maximum absolute atomic E-state index is 13.1. The van der Waals surface area contributed by atoms with E-state index >= 15 is 0 Å². The molecule has 8 heteroatoms. The zero-order chi connectivity index (χ0) is 19.9. The van der Waals surface area contributed by atoms with Gasteiger partial charge in [-0.15, -0.1) is 0 Å². The third-order valence-electron chi connectivity index (χ3n) is 4.18. The van der Waals surface area contributed by atoms with E-state index in [1.165, 1.54) is 18.2 Å². The molecule has 7 nitrogen and oxygen atoms in total. The highest BCUT2D eigenvalue weighted by Gasteiger charge is 2.37. The lowest BCUT2D eigenvalue weighted by molar-refractivity contribution is 0.0592. The fraction of sp³-hybridized carbons (Fsp3) is 0.105. The van der Waals surface area contributed by atoms with Crippen LogP contribution in [-0.2, 0) is 9.47 Å². The molecule has 0 amide bonds. The Labute approximate surface area is 157 Å². The molecule has 136 valence electrons. The summed E-state index contributed by atoms with van der Waals surface area (Å²) >= 11 is 5.49. The fourth-order valence-corrected chi connectivity index (χ4v) is 3.10. The Morgan fingerprint density at radius 1 is 0.815 bits per heavy atom. The maximum atomic E-state index is 13.1. The van der Waals surface area contributed by atoms with Gasteiger partial charge in [-0.25, -0.2) is 9.59 Å². The fourth-order valence-electron chi connectivity index (χ4n) is 2.99. The Kier molecular flexibility index (Phi) is 4.63. The molecule has 1 aliphatic carbocycles. The van der Waals surface area contributed by atoms with Crippen LogP contribution in [0.25, 0.3) is 0 Å². The van der Waals surface area contributed by atoms with Crippen LogP contribution in [0.15, 0.2) is 30.3 Å². The monoisotopic (exact) mass is 386 g/mol. The Bertz CT molecular complexity index is 1050. The first-order chi connectivity index (χ1) is 12.8. The van der Waals surface area contributed by atoms with Gasteiger partial charge in [0.05, 0.1) is 25.3 Å². The van der Waals surface area contributed by atoms with Crippen LogP contribution in [0.3, 0.4) is 0 Å². The molecule has 0 aliphatic heterocycles. The van der Waals surface area contributed by atoms with Gasteiger partial charge in [0.25, 0.3) is 5.24 Å². The molecule has 0 spiro atoms. The summed E-state index contributed by atoms with van der Waals surface area (Å²) < 4.78 is 9.33. The van der Waals surface area contributed by atoms with E-state index < -0.39 is 28.7 Å². The van der Waals surface area contributed by atoms with Crippen LogP contribution >= 0.6 is 11.6 Å². The summed E-state index contributed by atoms with van der Waals surface area (Å²) in [5, 5.41) is -0.905. The van der Waals surface area contributed by atoms with Crippen molar-refractivity contribution in [1.82, 2.24) is 0 Å². The number of hydrogen-bond acceptors (Lipinski definition) is 7. The van der Waals surface area contributed by atoms with Crippen molar-refractivity contribution >= 4 is 40.3 Å². The van der Waals surface area contributed by atoms with E-state index in [0.29, 0.717) is 0 Å². The van der Waals surface area contributed by atoms with Crippen molar-refractivity contribution in [1.29, 1.82) is 0 Å². The topological polar surface area (TPSA) is 104 Å². The second-order valence-corrected chi connectivity index (χ2v) is 5.93. The molecule has 0 atom stereocenters. The first kappa shape index (κ1) is 18.5. The molecule has 2 aromatic rings. The lowest BCUT2D eigenvalue weighted by Gasteiger charge is -2.21. The van der Waals surface area contributed by atoms with Crippen molar-refractivity contribution in [3.05, 3.63) is 69.3 Å². The predicted molar refractivity (Wildman–Crippen MR) is 92.6 cm³/mol. The summed E-state index contributed by atoms with van der Waals surface area (Å²) in [7, 11) is 2.23. The number of fused-ring (bicyclic) bond motifs is 2. The molecule has 0 saturated heterocycles. The number of carbonyl (C=O) groups excluding carboxylic acids is 5. The Hall–Kier alpha value is -3.32. The number of benzene rings is 2. The minimum absolute atomic E-state index is 0.0367. The molecule has 0 radical (unpaired) electrons. The van der Waals surface area contributed by atoms with Gasteiger partial charge in [-0.2, -0.15) is 0 Å². The summed E-state index contributed by atoms with van der Waals surface area (Å²) in [6, 6.07) is 6.37. The molecule has 0 bridgehead atoms. The summed E-state index contributed by atoms with van der Waals surface area (Å²) in [4.78, 5) is 61.8. The number of hydrogen-bond donors (Lipinski definition) is 0. The highest BCUT2D eigenvalue weighted by molar-refractivity contribution is 6.67. The molecule has 0 heterocycles. The molecule has 27 heavy (non-hydrogen) atoms. The molecule has 0 unspecified atom stereocenters. The Morgan fingerprint density at radius 2 is 1.41 bits per heavy atom. The third-order valence-corrected chi connectivity index (χ3v) is 4.40. The van der Waals surface area contributed by atoms with Crippen molar-refractivity contribution in [3.8, 4) is 0 Å². The smallest absolute Gasteiger partial charge is 0.338 e. The van der Waals surface area contributed by atoms with Crippen LogP contribution in [0.5, 0.6) is 0 Å². The first-order valence-corrected chi connectivity index (χ1v) is 7.96. The molecular weight excluding hydrogens is 376 g/mol. The van der Waals surface area contributed by atoms with Gasteiger partial charge in [-0.3, -0.25) is 14.4 Å². The predicted octanol–water partition coefficient (Wildman–Crippen LogP) is 2.41. The van der Waals surface area contributed by atoms with Crippen LogP contribution in [0.1, 0.15) is 62.9 Å². The van der Waals surface area contributed by atoms with Crippen molar-refractivity contribution in [2.24, 2.45) is 0 Å². The van der Waals surface area contributed by atoms with Crippen LogP contribution in [0.2, 0.25) is 0 Å². The van der Waals surface area contributed by atoms with E-state index in [2.05, 4.69) is 9.47 Å². The number of rotatable bonds is 3. The summed E-state index contributed by atoms with van der Waals surface area (Å²) in [6.07, 6.45) is 0. The number of ether oxygens (including phenoxy) is 2. The van der Waals surface area contributed by atoms with Crippen LogP contribution in [0, 0.1) is 0 Å². The SMILES string of the molecule is COC(=O)c1cccc2c1C(=O)c1c(C(=O)OC)cc(C(=O)Cl)cc1C2=O. The van der Waals surface area contributed by atoms with Gasteiger partial charge in [0.15, 0.2) is 11.6 Å². The average Bonchev–Trinajstić information content (AvgIpc) is 2.69. The number of esters is 2. The molecule has 3 rings (SSSR count). The van der Waals surface area contributed by atoms with E-state index in [-0.39, 0.29) is 38.9 Å². The number of halogens is 1. The molecule has 2 aromatic carbocycles. The van der Waals surface area contributed by atoms with Crippen molar-refractivity contribution in [2.75, 3.05) is 14.2 Å². The van der Waals surface area contributed by atoms with Crippen LogP contribution < -0.4 is 0 Å². The standard InChI is InChI=1S/C19H11ClO7/c1-26-18(24)10-5-3-4-9-13(10)16(22)14-11(15(9)21)6-8(17(20)23)7-12(14)19(25)27-2/h3-7H,1-2H3. The van der Waals surface area contributed by atoms with Gasteiger partial charge in [0.1, 0.15) is 0 Å². The third kappa shape index (κ3) is 2.82. The van der Waals surface area contributed by atoms with E-state index in [4.69, 9.17) is 11.6 Å². The molecule has 0 N–H and O–H groups in total. The summed E-state index contributed by atoms with van der Waals surface area (Å²) in [5.41, 5.74) is -1.15. The number of methoxy groups -OCH3 is 2. The van der Waals surface area contributed by atoms with Crippen molar-refractivity contribution < 1.29 is 33.4 Å².